The van der Waals surface area contributed by atoms with Crippen molar-refractivity contribution in [3.05, 3.63) is 0 Å². The lowest BCUT2D eigenvalue weighted by Gasteiger charge is -2.23. The Morgan fingerprint density at radius 2 is 2.25 bits per heavy atom. The summed E-state index contributed by atoms with van der Waals surface area (Å²) in [5.41, 5.74) is 0. The second-order valence-corrected chi connectivity index (χ2v) is 3.42. The topological polar surface area (TPSA) is 43.4 Å². The third-order valence-corrected chi connectivity index (χ3v) is 2.40. The molecule has 0 aromatic carbocycles. The molecular formula is C9H14O3. The minimum Gasteiger partial charge on any atom is -0.468 e. The second kappa shape index (κ2) is 3.70. The maximum atomic E-state index is 11.2. The molecule has 0 amide bonds. The van der Waals surface area contributed by atoms with Crippen molar-refractivity contribution < 1.29 is 14.3 Å². The van der Waals surface area contributed by atoms with Gasteiger partial charge in [0.2, 0.25) is 0 Å². The molecule has 0 N–H and O–H groups in total. The molecule has 0 aromatic rings. The van der Waals surface area contributed by atoms with Crippen molar-refractivity contribution in [2.45, 2.75) is 26.2 Å². The minimum absolute atomic E-state index is 0.0416. The fourth-order valence-corrected chi connectivity index (χ4v) is 1.58. The summed E-state index contributed by atoms with van der Waals surface area (Å²) in [4.78, 5) is 22.3. The Bertz CT molecular complexity index is 190. The van der Waals surface area contributed by atoms with Crippen molar-refractivity contribution in [1.82, 2.24) is 0 Å². The van der Waals surface area contributed by atoms with Gasteiger partial charge in [0.15, 0.2) is 0 Å². The van der Waals surface area contributed by atoms with Crippen LogP contribution in [-0.4, -0.2) is 18.9 Å². The van der Waals surface area contributed by atoms with Crippen LogP contribution < -0.4 is 0 Å². The Balaban J connectivity index is 2.60. The molecule has 0 bridgehead atoms. The van der Waals surface area contributed by atoms with Gasteiger partial charge < -0.3 is 4.74 Å². The summed E-state index contributed by atoms with van der Waals surface area (Å²) in [6.45, 7) is 2.06. The zero-order chi connectivity index (χ0) is 9.14. The van der Waals surface area contributed by atoms with Gasteiger partial charge in [0, 0.05) is 6.42 Å². The number of ether oxygens (including phenoxy) is 1. The standard InChI is InChI=1S/C9H14O3/c1-6-3-4-8(10)7(5-6)9(11)12-2/h6-7H,3-5H2,1-2H3/t6-,7-/m1/s1. The van der Waals surface area contributed by atoms with Crippen LogP contribution in [0.25, 0.3) is 0 Å². The van der Waals surface area contributed by atoms with E-state index in [0.717, 1.165) is 6.42 Å². The van der Waals surface area contributed by atoms with Crippen LogP contribution in [0.3, 0.4) is 0 Å². The average Bonchev–Trinajstić information content (AvgIpc) is 2.08. The Kier molecular flexibility index (Phi) is 2.84. The van der Waals surface area contributed by atoms with E-state index in [0.29, 0.717) is 18.8 Å². The summed E-state index contributed by atoms with van der Waals surface area (Å²) in [6.07, 6.45) is 2.10. The molecule has 12 heavy (non-hydrogen) atoms. The number of carbonyl (C=O) groups excluding carboxylic acids is 2. The first-order chi connectivity index (χ1) is 5.65. The van der Waals surface area contributed by atoms with Gasteiger partial charge in [-0.3, -0.25) is 9.59 Å². The van der Waals surface area contributed by atoms with Crippen molar-refractivity contribution in [3.63, 3.8) is 0 Å². The Morgan fingerprint density at radius 3 is 2.83 bits per heavy atom. The quantitative estimate of drug-likeness (QED) is 0.438. The lowest BCUT2D eigenvalue weighted by atomic mass is 9.81. The van der Waals surface area contributed by atoms with Gasteiger partial charge in [0.25, 0.3) is 0 Å². The van der Waals surface area contributed by atoms with Crippen LogP contribution >= 0.6 is 0 Å². The highest BCUT2D eigenvalue weighted by atomic mass is 16.5. The van der Waals surface area contributed by atoms with Gasteiger partial charge in [-0.25, -0.2) is 0 Å². The van der Waals surface area contributed by atoms with Crippen LogP contribution in [0.15, 0.2) is 0 Å². The van der Waals surface area contributed by atoms with Gasteiger partial charge in [0.1, 0.15) is 11.7 Å². The van der Waals surface area contributed by atoms with Crippen molar-refractivity contribution in [2.24, 2.45) is 11.8 Å². The summed E-state index contributed by atoms with van der Waals surface area (Å²) in [5, 5.41) is 0. The average molecular weight is 170 g/mol. The molecule has 0 radical (unpaired) electrons. The normalized spacial score (nSPS) is 30.0. The molecule has 1 aliphatic carbocycles. The number of Topliss-reactive ketones (excluding diaryl/α,β-unsaturated/α-hetero) is 1. The van der Waals surface area contributed by atoms with E-state index in [2.05, 4.69) is 11.7 Å². The van der Waals surface area contributed by atoms with E-state index in [1.54, 1.807) is 0 Å². The second-order valence-electron chi connectivity index (χ2n) is 3.42. The van der Waals surface area contributed by atoms with E-state index in [1.807, 2.05) is 0 Å². The molecule has 0 aliphatic heterocycles. The number of esters is 1. The lowest BCUT2D eigenvalue weighted by molar-refractivity contribution is -0.151. The van der Waals surface area contributed by atoms with Gasteiger partial charge in [-0.2, -0.15) is 0 Å². The van der Waals surface area contributed by atoms with Crippen molar-refractivity contribution in [1.29, 1.82) is 0 Å². The van der Waals surface area contributed by atoms with Crippen molar-refractivity contribution in [2.75, 3.05) is 7.11 Å². The maximum absolute atomic E-state index is 11.2. The molecular weight excluding hydrogens is 156 g/mol. The molecule has 0 saturated heterocycles. The van der Waals surface area contributed by atoms with E-state index in [1.165, 1.54) is 7.11 Å². The van der Waals surface area contributed by atoms with Crippen molar-refractivity contribution in [3.8, 4) is 0 Å². The summed E-state index contributed by atoms with van der Waals surface area (Å²) < 4.78 is 4.55. The highest BCUT2D eigenvalue weighted by molar-refractivity contribution is 5.99. The molecule has 0 unspecified atom stereocenters. The van der Waals surface area contributed by atoms with Gasteiger partial charge >= 0.3 is 5.97 Å². The van der Waals surface area contributed by atoms with Gasteiger partial charge in [-0.1, -0.05) is 6.92 Å². The summed E-state index contributed by atoms with van der Waals surface area (Å²) in [6, 6.07) is 0. The molecule has 0 heterocycles. The van der Waals surface area contributed by atoms with E-state index >= 15 is 0 Å². The van der Waals surface area contributed by atoms with Gasteiger partial charge in [-0.05, 0) is 18.8 Å². The van der Waals surface area contributed by atoms with Crippen LogP contribution in [0.2, 0.25) is 0 Å². The largest absolute Gasteiger partial charge is 0.468 e. The van der Waals surface area contributed by atoms with E-state index in [-0.39, 0.29) is 11.8 Å². The highest BCUT2D eigenvalue weighted by Crippen LogP contribution is 2.26. The molecule has 3 heteroatoms. The van der Waals surface area contributed by atoms with Crippen LogP contribution in [0.5, 0.6) is 0 Å². The first kappa shape index (κ1) is 9.23. The van der Waals surface area contributed by atoms with Gasteiger partial charge in [-0.15, -0.1) is 0 Å². The summed E-state index contributed by atoms with van der Waals surface area (Å²) >= 11 is 0. The number of ketones is 1. The molecule has 0 spiro atoms. The Labute approximate surface area is 72.1 Å². The SMILES string of the molecule is COC(=O)[C@@H]1C[C@H](C)CCC1=O. The zero-order valence-electron chi connectivity index (χ0n) is 7.50. The van der Waals surface area contributed by atoms with Crippen LogP contribution in [0.4, 0.5) is 0 Å². The fourth-order valence-electron chi connectivity index (χ4n) is 1.58. The van der Waals surface area contributed by atoms with Crippen molar-refractivity contribution >= 4 is 11.8 Å². The number of carbonyl (C=O) groups is 2. The zero-order valence-corrected chi connectivity index (χ0v) is 7.50. The number of methoxy groups -OCH3 is 1. The third-order valence-electron chi connectivity index (χ3n) is 2.40. The Morgan fingerprint density at radius 1 is 1.58 bits per heavy atom. The highest BCUT2D eigenvalue weighted by Gasteiger charge is 2.32. The van der Waals surface area contributed by atoms with Crippen LogP contribution in [0, 0.1) is 11.8 Å². The Hall–Kier alpha value is -0.860. The molecule has 1 saturated carbocycles. The predicted octanol–water partition coefficient (Wildman–Crippen LogP) is 1.16. The van der Waals surface area contributed by atoms with Crippen LogP contribution in [0.1, 0.15) is 26.2 Å². The number of hydrogen-bond donors (Lipinski definition) is 0. The third kappa shape index (κ3) is 1.84. The predicted molar refractivity (Wildman–Crippen MR) is 43.5 cm³/mol. The maximum Gasteiger partial charge on any atom is 0.316 e. The van der Waals surface area contributed by atoms with Crippen LogP contribution in [-0.2, 0) is 14.3 Å². The molecule has 3 nitrogen and oxygen atoms in total. The molecule has 68 valence electrons. The molecule has 2 atom stereocenters. The number of hydrogen-bond acceptors (Lipinski definition) is 3. The number of rotatable bonds is 1. The minimum atomic E-state index is -0.487. The van der Waals surface area contributed by atoms with E-state index < -0.39 is 5.92 Å². The molecule has 0 aromatic heterocycles. The summed E-state index contributed by atoms with van der Waals surface area (Å²) in [7, 11) is 1.33. The monoisotopic (exact) mass is 170 g/mol. The molecule has 1 fully saturated rings. The molecule has 1 rings (SSSR count). The molecule has 1 aliphatic rings. The first-order valence-electron chi connectivity index (χ1n) is 4.25. The summed E-state index contributed by atoms with van der Waals surface area (Å²) in [5.74, 6) is -0.350. The van der Waals surface area contributed by atoms with Gasteiger partial charge in [0.05, 0.1) is 7.11 Å². The fraction of sp³-hybridized carbons (Fsp3) is 0.778. The lowest BCUT2D eigenvalue weighted by Crippen LogP contribution is -2.31. The van der Waals surface area contributed by atoms with E-state index in [9.17, 15) is 9.59 Å². The smallest absolute Gasteiger partial charge is 0.316 e. The first-order valence-corrected chi connectivity index (χ1v) is 4.25. The van der Waals surface area contributed by atoms with E-state index in [4.69, 9.17) is 0 Å².